The highest BCUT2D eigenvalue weighted by molar-refractivity contribution is 7.09. The molecule has 0 atom stereocenters. The molecule has 1 saturated heterocycles. The summed E-state index contributed by atoms with van der Waals surface area (Å²) >= 11 is 1.58. The zero-order chi connectivity index (χ0) is 13.1. The van der Waals surface area contributed by atoms with E-state index in [0.29, 0.717) is 12.5 Å². The largest absolute Gasteiger partial charge is 0.342 e. The van der Waals surface area contributed by atoms with Gasteiger partial charge in [-0.2, -0.15) is 0 Å². The van der Waals surface area contributed by atoms with E-state index >= 15 is 0 Å². The van der Waals surface area contributed by atoms with Gasteiger partial charge in [-0.1, -0.05) is 0 Å². The molecule has 18 heavy (non-hydrogen) atoms. The minimum Gasteiger partial charge on any atom is -0.342 e. The zero-order valence-corrected chi connectivity index (χ0v) is 12.2. The van der Waals surface area contributed by atoms with Crippen molar-refractivity contribution in [3.8, 4) is 0 Å². The molecule has 0 aromatic carbocycles. The SMILES string of the molecule is Cc1csc(CC(=O)N(C)C2CCN(C)CC2)n1. The van der Waals surface area contributed by atoms with Crippen LogP contribution in [0.25, 0.3) is 0 Å². The molecule has 0 spiro atoms. The normalized spacial score (nSPS) is 17.9. The molecule has 1 fully saturated rings. The average molecular weight is 267 g/mol. The van der Waals surface area contributed by atoms with Crippen LogP contribution >= 0.6 is 11.3 Å². The number of likely N-dealkylation sites (N-methyl/N-ethyl adjacent to an activating group) is 1. The number of thiazole rings is 1. The quantitative estimate of drug-likeness (QED) is 0.833. The fraction of sp³-hybridized carbons (Fsp3) is 0.692. The summed E-state index contributed by atoms with van der Waals surface area (Å²) in [5.41, 5.74) is 1.00. The lowest BCUT2D eigenvalue weighted by atomic mass is 10.0. The lowest BCUT2D eigenvalue weighted by Crippen LogP contribution is -2.44. The Bertz CT molecular complexity index is 410. The van der Waals surface area contributed by atoms with Gasteiger partial charge in [-0.3, -0.25) is 4.79 Å². The Morgan fingerprint density at radius 3 is 2.78 bits per heavy atom. The van der Waals surface area contributed by atoms with Crippen LogP contribution in [0.3, 0.4) is 0 Å². The van der Waals surface area contributed by atoms with Gasteiger partial charge < -0.3 is 9.80 Å². The molecule has 0 N–H and O–H groups in total. The van der Waals surface area contributed by atoms with Crippen molar-refractivity contribution >= 4 is 17.2 Å². The molecule has 0 unspecified atom stereocenters. The molecule has 2 heterocycles. The molecule has 100 valence electrons. The molecule has 0 bridgehead atoms. The van der Waals surface area contributed by atoms with Crippen molar-refractivity contribution < 1.29 is 4.79 Å². The third-order valence-electron chi connectivity index (χ3n) is 3.60. The third-order valence-corrected chi connectivity index (χ3v) is 4.56. The maximum Gasteiger partial charge on any atom is 0.229 e. The van der Waals surface area contributed by atoms with Crippen LogP contribution in [-0.2, 0) is 11.2 Å². The minimum atomic E-state index is 0.193. The summed E-state index contributed by atoms with van der Waals surface area (Å²) in [5, 5.41) is 2.93. The summed E-state index contributed by atoms with van der Waals surface area (Å²) in [6, 6.07) is 0.398. The summed E-state index contributed by atoms with van der Waals surface area (Å²) in [6.07, 6.45) is 2.60. The number of piperidine rings is 1. The van der Waals surface area contributed by atoms with E-state index in [1.165, 1.54) is 0 Å². The maximum absolute atomic E-state index is 12.2. The number of hydrogen-bond acceptors (Lipinski definition) is 4. The van der Waals surface area contributed by atoms with Gasteiger partial charge in [0.25, 0.3) is 0 Å². The van der Waals surface area contributed by atoms with Crippen LogP contribution in [0.1, 0.15) is 23.5 Å². The van der Waals surface area contributed by atoms with E-state index in [-0.39, 0.29) is 5.91 Å². The highest BCUT2D eigenvalue weighted by atomic mass is 32.1. The Kier molecular flexibility index (Phi) is 4.35. The highest BCUT2D eigenvalue weighted by Gasteiger charge is 2.24. The third kappa shape index (κ3) is 3.29. The Morgan fingerprint density at radius 1 is 1.56 bits per heavy atom. The van der Waals surface area contributed by atoms with E-state index in [1.807, 2.05) is 24.3 Å². The summed E-state index contributed by atoms with van der Waals surface area (Å²) in [4.78, 5) is 20.8. The lowest BCUT2D eigenvalue weighted by Gasteiger charge is -2.35. The summed E-state index contributed by atoms with van der Waals surface area (Å²) in [7, 11) is 4.06. The number of carbonyl (C=O) groups is 1. The average Bonchev–Trinajstić information content (AvgIpc) is 2.75. The van der Waals surface area contributed by atoms with Crippen LogP contribution in [-0.4, -0.2) is 53.9 Å². The predicted molar refractivity (Wildman–Crippen MR) is 73.8 cm³/mol. The fourth-order valence-electron chi connectivity index (χ4n) is 2.32. The van der Waals surface area contributed by atoms with E-state index in [1.54, 1.807) is 11.3 Å². The molecular formula is C13H21N3OS. The molecule has 1 aliphatic heterocycles. The standard InChI is InChI=1S/C13H21N3OS/c1-10-9-18-12(14-10)8-13(17)16(3)11-4-6-15(2)7-5-11/h9,11H,4-8H2,1-3H3. The molecule has 1 aliphatic rings. The number of amides is 1. The molecule has 4 nitrogen and oxygen atoms in total. The van der Waals surface area contributed by atoms with Crippen molar-refractivity contribution in [2.24, 2.45) is 0 Å². The van der Waals surface area contributed by atoms with Crippen molar-refractivity contribution in [2.45, 2.75) is 32.2 Å². The predicted octanol–water partition coefficient (Wildman–Crippen LogP) is 1.55. The van der Waals surface area contributed by atoms with Crippen LogP contribution in [0, 0.1) is 6.92 Å². The topological polar surface area (TPSA) is 36.4 Å². The minimum absolute atomic E-state index is 0.193. The van der Waals surface area contributed by atoms with Crippen LogP contribution in [0.15, 0.2) is 5.38 Å². The zero-order valence-electron chi connectivity index (χ0n) is 11.3. The van der Waals surface area contributed by atoms with Gasteiger partial charge in [0, 0.05) is 24.2 Å². The monoisotopic (exact) mass is 267 g/mol. The molecule has 0 saturated carbocycles. The number of aryl methyl sites for hydroxylation is 1. The van der Waals surface area contributed by atoms with Crippen molar-refractivity contribution in [1.29, 1.82) is 0 Å². The number of rotatable bonds is 3. The molecule has 2 rings (SSSR count). The van der Waals surface area contributed by atoms with E-state index in [2.05, 4.69) is 16.9 Å². The first-order valence-corrected chi connectivity index (χ1v) is 7.29. The van der Waals surface area contributed by atoms with E-state index < -0.39 is 0 Å². The van der Waals surface area contributed by atoms with Crippen LogP contribution in [0.2, 0.25) is 0 Å². The van der Waals surface area contributed by atoms with Crippen LogP contribution in [0.4, 0.5) is 0 Å². The molecule has 1 aromatic heterocycles. The first-order chi connectivity index (χ1) is 8.56. The lowest BCUT2D eigenvalue weighted by molar-refractivity contribution is -0.132. The molecule has 1 amide bonds. The first kappa shape index (κ1) is 13.5. The molecule has 0 aliphatic carbocycles. The van der Waals surface area contributed by atoms with Crippen molar-refractivity contribution in [3.63, 3.8) is 0 Å². The summed E-state index contributed by atoms with van der Waals surface area (Å²) in [5.74, 6) is 0.193. The fourth-order valence-corrected chi connectivity index (χ4v) is 3.09. The molecular weight excluding hydrogens is 246 g/mol. The Labute approximate surface area is 113 Å². The number of hydrogen-bond donors (Lipinski definition) is 0. The smallest absolute Gasteiger partial charge is 0.229 e. The van der Waals surface area contributed by atoms with Gasteiger partial charge in [-0.25, -0.2) is 4.98 Å². The molecule has 0 radical (unpaired) electrons. The van der Waals surface area contributed by atoms with Gasteiger partial charge in [0.2, 0.25) is 5.91 Å². The van der Waals surface area contributed by atoms with Gasteiger partial charge in [-0.15, -0.1) is 11.3 Å². The Balaban J connectivity index is 1.88. The molecule has 1 aromatic rings. The van der Waals surface area contributed by atoms with Crippen LogP contribution in [0.5, 0.6) is 0 Å². The van der Waals surface area contributed by atoms with Crippen molar-refractivity contribution in [1.82, 2.24) is 14.8 Å². The number of aromatic nitrogens is 1. The van der Waals surface area contributed by atoms with Gasteiger partial charge in [0.05, 0.1) is 6.42 Å². The van der Waals surface area contributed by atoms with Gasteiger partial charge >= 0.3 is 0 Å². The van der Waals surface area contributed by atoms with Crippen molar-refractivity contribution in [3.05, 3.63) is 16.1 Å². The van der Waals surface area contributed by atoms with E-state index in [9.17, 15) is 4.79 Å². The van der Waals surface area contributed by atoms with Gasteiger partial charge in [0.1, 0.15) is 5.01 Å². The first-order valence-electron chi connectivity index (χ1n) is 6.41. The second-order valence-corrected chi connectivity index (χ2v) is 6.04. The number of likely N-dealkylation sites (tertiary alicyclic amines) is 1. The van der Waals surface area contributed by atoms with E-state index in [4.69, 9.17) is 0 Å². The van der Waals surface area contributed by atoms with Crippen LogP contribution < -0.4 is 0 Å². The Hall–Kier alpha value is -0.940. The summed E-state index contributed by atoms with van der Waals surface area (Å²) < 4.78 is 0. The highest BCUT2D eigenvalue weighted by Crippen LogP contribution is 2.16. The van der Waals surface area contributed by atoms with Gasteiger partial charge in [-0.05, 0) is 39.9 Å². The maximum atomic E-state index is 12.2. The van der Waals surface area contributed by atoms with E-state index in [0.717, 1.165) is 36.6 Å². The Morgan fingerprint density at radius 2 is 2.22 bits per heavy atom. The second-order valence-electron chi connectivity index (χ2n) is 5.10. The second kappa shape index (κ2) is 5.80. The summed E-state index contributed by atoms with van der Waals surface area (Å²) in [6.45, 7) is 4.13. The van der Waals surface area contributed by atoms with Gasteiger partial charge in [0.15, 0.2) is 0 Å². The number of nitrogens with zero attached hydrogens (tertiary/aromatic N) is 3. The van der Waals surface area contributed by atoms with Crippen molar-refractivity contribution in [2.75, 3.05) is 27.2 Å². The molecule has 5 heteroatoms. The number of carbonyl (C=O) groups excluding carboxylic acids is 1.